The molecule has 1 aromatic rings. The number of aryl methyl sites for hydroxylation is 1. The molecule has 0 amide bonds. The predicted octanol–water partition coefficient (Wildman–Crippen LogP) is 3.27. The molecule has 110 valence electrons. The highest BCUT2D eigenvalue weighted by molar-refractivity contribution is 5.42. The van der Waals surface area contributed by atoms with Crippen LogP contribution in [0.5, 0.6) is 0 Å². The van der Waals surface area contributed by atoms with Crippen molar-refractivity contribution < 1.29 is 0 Å². The Kier molecular flexibility index (Phi) is 4.25. The Morgan fingerprint density at radius 2 is 2.05 bits per heavy atom. The minimum atomic E-state index is 0.764. The van der Waals surface area contributed by atoms with Gasteiger partial charge in [-0.2, -0.15) is 0 Å². The van der Waals surface area contributed by atoms with E-state index in [1.165, 1.54) is 55.7 Å². The molecule has 2 saturated carbocycles. The van der Waals surface area contributed by atoms with E-state index in [9.17, 15) is 0 Å². The van der Waals surface area contributed by atoms with Crippen molar-refractivity contribution in [2.45, 2.75) is 58.5 Å². The second-order valence-corrected chi connectivity index (χ2v) is 6.46. The van der Waals surface area contributed by atoms with E-state index >= 15 is 0 Å². The highest BCUT2D eigenvalue weighted by atomic mass is 15.2. The fourth-order valence-electron chi connectivity index (χ4n) is 2.66. The van der Waals surface area contributed by atoms with E-state index in [0.717, 1.165) is 25.0 Å². The molecule has 20 heavy (non-hydrogen) atoms. The molecule has 0 aliphatic heterocycles. The molecule has 2 fully saturated rings. The Balaban J connectivity index is 1.65. The topological polar surface area (TPSA) is 28.2 Å². The predicted molar refractivity (Wildman–Crippen MR) is 84.1 cm³/mol. The van der Waals surface area contributed by atoms with Gasteiger partial charge in [-0.05, 0) is 56.6 Å². The fraction of sp³-hybridized carbons (Fsp3) is 0.706. The van der Waals surface area contributed by atoms with E-state index in [-0.39, 0.29) is 0 Å². The second kappa shape index (κ2) is 6.13. The van der Waals surface area contributed by atoms with Crippen LogP contribution in [-0.2, 0) is 6.54 Å². The van der Waals surface area contributed by atoms with Crippen LogP contribution in [0.15, 0.2) is 12.1 Å². The average molecular weight is 273 g/mol. The molecule has 3 heteroatoms. The van der Waals surface area contributed by atoms with Crippen molar-refractivity contribution in [1.82, 2.24) is 10.3 Å². The normalized spacial score (nSPS) is 18.3. The van der Waals surface area contributed by atoms with E-state index in [1.54, 1.807) is 0 Å². The third-order valence-corrected chi connectivity index (χ3v) is 4.33. The fourth-order valence-corrected chi connectivity index (χ4v) is 2.66. The molecular weight excluding hydrogens is 246 g/mol. The molecular formula is C17H27N3. The lowest BCUT2D eigenvalue weighted by molar-refractivity contribution is 0.676. The highest BCUT2D eigenvalue weighted by Gasteiger charge is 2.25. The van der Waals surface area contributed by atoms with Crippen molar-refractivity contribution in [1.29, 1.82) is 0 Å². The van der Waals surface area contributed by atoms with E-state index in [1.807, 2.05) is 0 Å². The van der Waals surface area contributed by atoms with Crippen LogP contribution in [0.1, 0.15) is 50.3 Å². The molecule has 2 aliphatic carbocycles. The first kappa shape index (κ1) is 13.9. The molecule has 3 nitrogen and oxygen atoms in total. The van der Waals surface area contributed by atoms with E-state index in [2.05, 4.69) is 36.2 Å². The molecule has 3 rings (SSSR count). The summed E-state index contributed by atoms with van der Waals surface area (Å²) >= 11 is 0. The van der Waals surface area contributed by atoms with Gasteiger partial charge in [0.15, 0.2) is 0 Å². The summed E-state index contributed by atoms with van der Waals surface area (Å²) in [6, 6.07) is 5.25. The number of hydrogen-bond donors (Lipinski definition) is 1. The summed E-state index contributed by atoms with van der Waals surface area (Å²) in [5.74, 6) is 2.09. The number of rotatable bonds is 8. The molecule has 2 aliphatic rings. The van der Waals surface area contributed by atoms with Crippen molar-refractivity contribution in [3.63, 3.8) is 0 Å². The standard InChI is InChI=1S/C17H27N3/c1-3-10-20(12-14-4-5-14)17-9-6-15(13(2)19-17)11-18-16-7-8-16/h6,9,14,16,18H,3-5,7-8,10-12H2,1-2H3. The third-order valence-electron chi connectivity index (χ3n) is 4.33. The molecule has 1 aromatic heterocycles. The number of nitrogens with one attached hydrogen (secondary N) is 1. The maximum atomic E-state index is 4.86. The lowest BCUT2D eigenvalue weighted by Gasteiger charge is -2.24. The van der Waals surface area contributed by atoms with Crippen LogP contribution < -0.4 is 10.2 Å². The van der Waals surface area contributed by atoms with Crippen molar-refractivity contribution in [3.05, 3.63) is 23.4 Å². The summed E-state index contributed by atoms with van der Waals surface area (Å²) in [4.78, 5) is 7.33. The maximum absolute atomic E-state index is 4.86. The summed E-state index contributed by atoms with van der Waals surface area (Å²) in [6.45, 7) is 7.69. The Labute approximate surface area is 122 Å². The van der Waals surface area contributed by atoms with E-state index in [4.69, 9.17) is 4.98 Å². The number of anilines is 1. The third kappa shape index (κ3) is 3.72. The summed E-state index contributed by atoms with van der Waals surface area (Å²) in [6.07, 6.45) is 6.69. The highest BCUT2D eigenvalue weighted by Crippen LogP contribution is 2.31. The quantitative estimate of drug-likeness (QED) is 0.788. The van der Waals surface area contributed by atoms with Crippen molar-refractivity contribution >= 4 is 5.82 Å². The van der Waals surface area contributed by atoms with Gasteiger partial charge in [0.25, 0.3) is 0 Å². The maximum Gasteiger partial charge on any atom is 0.128 e. The van der Waals surface area contributed by atoms with Crippen LogP contribution in [0.25, 0.3) is 0 Å². The molecule has 0 atom stereocenters. The number of hydrogen-bond acceptors (Lipinski definition) is 3. The van der Waals surface area contributed by atoms with Gasteiger partial charge >= 0.3 is 0 Å². The van der Waals surface area contributed by atoms with Crippen LogP contribution in [0, 0.1) is 12.8 Å². The van der Waals surface area contributed by atoms with Gasteiger partial charge in [-0.25, -0.2) is 4.98 Å². The van der Waals surface area contributed by atoms with Gasteiger partial charge in [-0.3, -0.25) is 0 Å². The van der Waals surface area contributed by atoms with Gasteiger partial charge in [-0.15, -0.1) is 0 Å². The van der Waals surface area contributed by atoms with Crippen molar-refractivity contribution in [2.75, 3.05) is 18.0 Å². The van der Waals surface area contributed by atoms with Crippen molar-refractivity contribution in [3.8, 4) is 0 Å². The molecule has 1 N–H and O–H groups in total. The van der Waals surface area contributed by atoms with Gasteiger partial charge in [0.05, 0.1) is 0 Å². The molecule has 1 heterocycles. The lowest BCUT2D eigenvalue weighted by Crippen LogP contribution is -2.27. The first-order valence-electron chi connectivity index (χ1n) is 8.21. The Bertz CT molecular complexity index is 450. The molecule has 0 aromatic carbocycles. The van der Waals surface area contributed by atoms with E-state index < -0.39 is 0 Å². The Morgan fingerprint density at radius 1 is 1.25 bits per heavy atom. The number of aromatic nitrogens is 1. The first-order chi connectivity index (χ1) is 9.76. The van der Waals surface area contributed by atoms with Crippen molar-refractivity contribution in [2.24, 2.45) is 5.92 Å². The van der Waals surface area contributed by atoms with Gasteiger partial charge < -0.3 is 10.2 Å². The lowest BCUT2D eigenvalue weighted by atomic mass is 10.2. The average Bonchev–Trinajstić information content (AvgIpc) is 3.31. The van der Waals surface area contributed by atoms with Crippen LogP contribution in [0.3, 0.4) is 0 Å². The summed E-state index contributed by atoms with van der Waals surface area (Å²) < 4.78 is 0. The van der Waals surface area contributed by atoms with Gasteiger partial charge in [0.1, 0.15) is 5.82 Å². The van der Waals surface area contributed by atoms with Crippen LogP contribution >= 0.6 is 0 Å². The van der Waals surface area contributed by atoms with E-state index in [0.29, 0.717) is 0 Å². The molecule has 0 radical (unpaired) electrons. The van der Waals surface area contributed by atoms with Gasteiger partial charge in [0.2, 0.25) is 0 Å². The Hall–Kier alpha value is -1.09. The van der Waals surface area contributed by atoms with Crippen LogP contribution in [-0.4, -0.2) is 24.1 Å². The van der Waals surface area contributed by atoms with Crippen LogP contribution in [0.2, 0.25) is 0 Å². The minimum absolute atomic E-state index is 0.764. The summed E-state index contributed by atoms with van der Waals surface area (Å²) in [5.41, 5.74) is 2.54. The zero-order valence-corrected chi connectivity index (χ0v) is 12.9. The summed E-state index contributed by atoms with van der Waals surface area (Å²) in [5, 5.41) is 3.58. The monoisotopic (exact) mass is 273 g/mol. The largest absolute Gasteiger partial charge is 0.356 e. The SMILES string of the molecule is CCCN(CC1CC1)c1ccc(CNC2CC2)c(C)n1. The smallest absolute Gasteiger partial charge is 0.128 e. The Morgan fingerprint density at radius 3 is 2.65 bits per heavy atom. The molecule has 0 bridgehead atoms. The van der Waals surface area contributed by atoms with Gasteiger partial charge in [-0.1, -0.05) is 13.0 Å². The molecule has 0 saturated heterocycles. The zero-order chi connectivity index (χ0) is 13.9. The van der Waals surface area contributed by atoms with Gasteiger partial charge in [0, 0.05) is 31.4 Å². The number of nitrogens with zero attached hydrogens (tertiary/aromatic N) is 2. The summed E-state index contributed by atoms with van der Waals surface area (Å²) in [7, 11) is 0. The molecule has 0 spiro atoms. The minimum Gasteiger partial charge on any atom is -0.356 e. The molecule has 0 unspecified atom stereocenters. The first-order valence-corrected chi connectivity index (χ1v) is 8.21. The van der Waals surface area contributed by atoms with Crippen LogP contribution in [0.4, 0.5) is 5.82 Å². The zero-order valence-electron chi connectivity index (χ0n) is 12.9. The number of pyridine rings is 1. The second-order valence-electron chi connectivity index (χ2n) is 6.46.